The Bertz CT molecular complexity index is 610. The fourth-order valence-electron chi connectivity index (χ4n) is 2.31. The van der Waals surface area contributed by atoms with E-state index >= 15 is 0 Å². The topological polar surface area (TPSA) is 29.1 Å². The molecule has 0 aliphatic heterocycles. The quantitative estimate of drug-likeness (QED) is 0.853. The minimum absolute atomic E-state index is 0.0115. The Labute approximate surface area is 135 Å². The van der Waals surface area contributed by atoms with E-state index in [0.29, 0.717) is 23.0 Å². The van der Waals surface area contributed by atoms with Gasteiger partial charge in [-0.3, -0.25) is 4.79 Å². The van der Waals surface area contributed by atoms with Crippen LogP contribution in [0.3, 0.4) is 0 Å². The smallest absolute Gasteiger partial charge is 0.220 e. The van der Waals surface area contributed by atoms with Gasteiger partial charge in [0.25, 0.3) is 0 Å². The summed E-state index contributed by atoms with van der Waals surface area (Å²) < 4.78 is 0. The van der Waals surface area contributed by atoms with Gasteiger partial charge >= 0.3 is 0 Å². The predicted octanol–water partition coefficient (Wildman–Crippen LogP) is 4.65. The maximum atomic E-state index is 12.0. The van der Waals surface area contributed by atoms with Crippen molar-refractivity contribution in [2.75, 3.05) is 6.54 Å². The van der Waals surface area contributed by atoms with Crippen molar-refractivity contribution in [2.45, 2.75) is 19.3 Å². The van der Waals surface area contributed by atoms with Crippen molar-refractivity contribution in [3.8, 4) is 0 Å². The maximum absolute atomic E-state index is 12.0. The lowest BCUT2D eigenvalue weighted by Crippen LogP contribution is -2.25. The van der Waals surface area contributed by atoms with Crippen molar-refractivity contribution in [2.24, 2.45) is 0 Å². The second-order valence-corrected chi connectivity index (χ2v) is 5.63. The number of carbonyl (C=O) groups excluding carboxylic acids is 1. The third-order valence-electron chi connectivity index (χ3n) is 3.32. The molecule has 0 bridgehead atoms. The molecule has 0 saturated heterocycles. The number of nitrogens with one attached hydrogen (secondary N) is 1. The molecule has 1 amide bonds. The molecule has 21 heavy (non-hydrogen) atoms. The van der Waals surface area contributed by atoms with Crippen LogP contribution in [-0.4, -0.2) is 12.5 Å². The monoisotopic (exact) mass is 321 g/mol. The number of carbonyl (C=O) groups is 1. The predicted molar refractivity (Wildman–Crippen MR) is 88.0 cm³/mol. The molecule has 0 aromatic heterocycles. The average Bonchev–Trinajstić information content (AvgIpc) is 2.47. The summed E-state index contributed by atoms with van der Waals surface area (Å²) in [7, 11) is 0. The first-order chi connectivity index (χ1) is 10.1. The maximum Gasteiger partial charge on any atom is 0.220 e. The molecule has 1 atom stereocenters. The van der Waals surface area contributed by atoms with E-state index in [-0.39, 0.29) is 11.8 Å². The van der Waals surface area contributed by atoms with Gasteiger partial charge in [0, 0.05) is 28.9 Å². The molecule has 2 aromatic carbocycles. The van der Waals surface area contributed by atoms with Gasteiger partial charge in [-0.15, -0.1) is 0 Å². The lowest BCUT2D eigenvalue weighted by molar-refractivity contribution is -0.121. The zero-order valence-corrected chi connectivity index (χ0v) is 13.3. The normalized spacial score (nSPS) is 12.0. The molecule has 2 aromatic rings. The highest BCUT2D eigenvalue weighted by Crippen LogP contribution is 2.33. The van der Waals surface area contributed by atoms with Crippen LogP contribution in [0.15, 0.2) is 48.5 Å². The minimum atomic E-state index is -0.0810. The third kappa shape index (κ3) is 4.23. The van der Waals surface area contributed by atoms with E-state index in [1.165, 1.54) is 0 Å². The van der Waals surface area contributed by atoms with Gasteiger partial charge in [-0.05, 0) is 36.2 Å². The van der Waals surface area contributed by atoms with E-state index in [2.05, 4.69) is 5.32 Å². The Morgan fingerprint density at radius 1 is 1.10 bits per heavy atom. The first kappa shape index (κ1) is 15.9. The van der Waals surface area contributed by atoms with Gasteiger partial charge in [-0.25, -0.2) is 0 Å². The molecule has 0 spiro atoms. The number of rotatable bonds is 5. The Morgan fingerprint density at radius 3 is 2.38 bits per heavy atom. The van der Waals surface area contributed by atoms with Crippen LogP contribution < -0.4 is 5.32 Å². The fourth-order valence-corrected chi connectivity index (χ4v) is 2.71. The van der Waals surface area contributed by atoms with Crippen LogP contribution in [0.2, 0.25) is 10.0 Å². The number of hydrogen-bond donors (Lipinski definition) is 1. The van der Waals surface area contributed by atoms with E-state index in [1.54, 1.807) is 0 Å². The molecule has 2 nitrogen and oxygen atoms in total. The highest BCUT2D eigenvalue weighted by molar-refractivity contribution is 6.31. The molecule has 0 aliphatic carbocycles. The van der Waals surface area contributed by atoms with Gasteiger partial charge in [0.15, 0.2) is 0 Å². The average molecular weight is 322 g/mol. The minimum Gasteiger partial charge on any atom is -0.356 e. The second-order valence-electron chi connectivity index (χ2n) is 4.78. The molecule has 4 heteroatoms. The van der Waals surface area contributed by atoms with Crippen LogP contribution in [0, 0.1) is 0 Å². The van der Waals surface area contributed by atoms with Crippen LogP contribution in [0.25, 0.3) is 0 Å². The summed E-state index contributed by atoms with van der Waals surface area (Å²) >= 11 is 12.2. The summed E-state index contributed by atoms with van der Waals surface area (Å²) in [5, 5.41) is 4.18. The standard InChI is InChI=1S/C17H17Cl2NO/c1-2-20-17(21)11-15(12-7-9-13(18)10-8-12)14-5-3-4-6-16(14)19/h3-10,15H,2,11H2,1H3,(H,20,21). The van der Waals surface area contributed by atoms with Crippen LogP contribution in [-0.2, 0) is 4.79 Å². The Kier molecular flexibility index (Phi) is 5.66. The fraction of sp³-hybridized carbons (Fsp3) is 0.235. The van der Waals surface area contributed by atoms with Crippen LogP contribution in [0.5, 0.6) is 0 Å². The Morgan fingerprint density at radius 2 is 1.76 bits per heavy atom. The summed E-state index contributed by atoms with van der Waals surface area (Å²) in [5.41, 5.74) is 1.98. The molecule has 1 unspecified atom stereocenters. The molecule has 0 radical (unpaired) electrons. The van der Waals surface area contributed by atoms with Crippen molar-refractivity contribution in [1.82, 2.24) is 5.32 Å². The lowest BCUT2D eigenvalue weighted by atomic mass is 9.88. The zero-order chi connectivity index (χ0) is 15.2. The van der Waals surface area contributed by atoms with Crippen LogP contribution in [0.1, 0.15) is 30.4 Å². The van der Waals surface area contributed by atoms with Crippen molar-refractivity contribution in [3.05, 3.63) is 69.7 Å². The number of amides is 1. The number of halogens is 2. The zero-order valence-electron chi connectivity index (χ0n) is 11.8. The van der Waals surface area contributed by atoms with Gasteiger partial charge in [-0.1, -0.05) is 53.5 Å². The van der Waals surface area contributed by atoms with Gasteiger partial charge in [0.05, 0.1) is 0 Å². The van der Waals surface area contributed by atoms with Crippen molar-refractivity contribution in [3.63, 3.8) is 0 Å². The van der Waals surface area contributed by atoms with E-state index < -0.39 is 0 Å². The van der Waals surface area contributed by atoms with Gasteiger partial charge in [-0.2, -0.15) is 0 Å². The van der Waals surface area contributed by atoms with Gasteiger partial charge in [0.1, 0.15) is 0 Å². The SMILES string of the molecule is CCNC(=O)CC(c1ccc(Cl)cc1)c1ccccc1Cl. The van der Waals surface area contributed by atoms with E-state index in [4.69, 9.17) is 23.2 Å². The lowest BCUT2D eigenvalue weighted by Gasteiger charge is -2.19. The van der Waals surface area contributed by atoms with Gasteiger partial charge in [0.2, 0.25) is 5.91 Å². The first-order valence-electron chi connectivity index (χ1n) is 6.88. The summed E-state index contributed by atoms with van der Waals surface area (Å²) in [4.78, 5) is 12.0. The molecule has 0 fully saturated rings. The van der Waals surface area contributed by atoms with Crippen molar-refractivity contribution in [1.29, 1.82) is 0 Å². The Balaban J connectivity index is 2.37. The summed E-state index contributed by atoms with van der Waals surface area (Å²) in [6, 6.07) is 15.2. The molecule has 0 saturated carbocycles. The Hall–Kier alpha value is -1.51. The highest BCUT2D eigenvalue weighted by atomic mass is 35.5. The summed E-state index contributed by atoms with van der Waals surface area (Å²) in [6.07, 6.45) is 0.360. The molecular weight excluding hydrogens is 305 g/mol. The third-order valence-corrected chi connectivity index (χ3v) is 3.91. The molecule has 0 aliphatic rings. The highest BCUT2D eigenvalue weighted by Gasteiger charge is 2.20. The van der Waals surface area contributed by atoms with E-state index in [0.717, 1.165) is 11.1 Å². The first-order valence-corrected chi connectivity index (χ1v) is 7.64. The molecule has 1 N–H and O–H groups in total. The number of hydrogen-bond acceptors (Lipinski definition) is 1. The molecule has 0 heterocycles. The number of benzene rings is 2. The largest absolute Gasteiger partial charge is 0.356 e. The molecular formula is C17H17Cl2NO. The second kappa shape index (κ2) is 7.48. The van der Waals surface area contributed by atoms with Crippen LogP contribution >= 0.6 is 23.2 Å². The van der Waals surface area contributed by atoms with E-state index in [1.807, 2.05) is 55.5 Å². The summed E-state index contributed by atoms with van der Waals surface area (Å²) in [5.74, 6) is -0.0695. The van der Waals surface area contributed by atoms with Crippen molar-refractivity contribution >= 4 is 29.1 Å². The molecule has 110 valence electrons. The van der Waals surface area contributed by atoms with Crippen LogP contribution in [0.4, 0.5) is 0 Å². The van der Waals surface area contributed by atoms with Gasteiger partial charge < -0.3 is 5.32 Å². The molecule has 2 rings (SSSR count). The summed E-state index contributed by atoms with van der Waals surface area (Å²) in [6.45, 7) is 2.53. The van der Waals surface area contributed by atoms with Crippen molar-refractivity contribution < 1.29 is 4.79 Å². The van der Waals surface area contributed by atoms with E-state index in [9.17, 15) is 4.79 Å².